The van der Waals surface area contributed by atoms with Crippen molar-refractivity contribution in [1.82, 2.24) is 0 Å². The predicted molar refractivity (Wildman–Crippen MR) is 54.2 cm³/mol. The predicted octanol–water partition coefficient (Wildman–Crippen LogP) is 1.72. The SMILES string of the molecule is COc1ccc(C(=O)C#N)c(OC)c1C. The minimum absolute atomic E-state index is 0.262. The van der Waals surface area contributed by atoms with Crippen LogP contribution in [0.3, 0.4) is 0 Å². The highest BCUT2D eigenvalue weighted by Crippen LogP contribution is 2.31. The second-order valence-electron chi connectivity index (χ2n) is 2.91. The molecule has 4 heteroatoms. The molecule has 0 aromatic heterocycles. The normalized spacial score (nSPS) is 9.20. The highest BCUT2D eigenvalue weighted by Gasteiger charge is 2.16. The van der Waals surface area contributed by atoms with Crippen LogP contribution < -0.4 is 9.47 Å². The van der Waals surface area contributed by atoms with E-state index in [1.54, 1.807) is 19.1 Å². The van der Waals surface area contributed by atoms with Crippen molar-refractivity contribution in [1.29, 1.82) is 5.26 Å². The van der Waals surface area contributed by atoms with Gasteiger partial charge in [0.15, 0.2) is 0 Å². The molecule has 0 bridgehead atoms. The van der Waals surface area contributed by atoms with Crippen molar-refractivity contribution >= 4 is 5.78 Å². The second-order valence-corrected chi connectivity index (χ2v) is 2.91. The Morgan fingerprint density at radius 1 is 1.33 bits per heavy atom. The van der Waals surface area contributed by atoms with Crippen LogP contribution in [0.5, 0.6) is 11.5 Å². The molecule has 0 aliphatic heterocycles. The van der Waals surface area contributed by atoms with Crippen molar-refractivity contribution < 1.29 is 14.3 Å². The third-order valence-corrected chi connectivity index (χ3v) is 2.13. The number of ketones is 1. The third-order valence-electron chi connectivity index (χ3n) is 2.13. The van der Waals surface area contributed by atoms with Gasteiger partial charge in [-0.1, -0.05) is 0 Å². The summed E-state index contributed by atoms with van der Waals surface area (Å²) in [5.41, 5.74) is 0.972. The summed E-state index contributed by atoms with van der Waals surface area (Å²) < 4.78 is 10.2. The van der Waals surface area contributed by atoms with Crippen molar-refractivity contribution in [3.8, 4) is 17.6 Å². The highest BCUT2D eigenvalue weighted by atomic mass is 16.5. The number of ether oxygens (including phenoxy) is 2. The van der Waals surface area contributed by atoms with Crippen molar-refractivity contribution in [3.63, 3.8) is 0 Å². The molecule has 0 saturated heterocycles. The van der Waals surface area contributed by atoms with Crippen molar-refractivity contribution in [2.75, 3.05) is 14.2 Å². The fourth-order valence-electron chi connectivity index (χ4n) is 1.40. The fourth-order valence-corrected chi connectivity index (χ4v) is 1.40. The number of benzene rings is 1. The molecule has 0 aliphatic carbocycles. The molecule has 1 aromatic carbocycles. The standard InChI is InChI=1S/C11H11NO3/c1-7-10(14-2)5-4-8(9(13)6-12)11(7)15-3/h4-5H,1-3H3. The van der Waals surface area contributed by atoms with E-state index >= 15 is 0 Å². The molecule has 78 valence electrons. The quantitative estimate of drug-likeness (QED) is 0.556. The summed E-state index contributed by atoms with van der Waals surface area (Å²) >= 11 is 0. The summed E-state index contributed by atoms with van der Waals surface area (Å²) in [4.78, 5) is 11.3. The smallest absolute Gasteiger partial charge is 0.265 e. The molecule has 0 spiro atoms. The molecule has 4 nitrogen and oxygen atoms in total. The summed E-state index contributed by atoms with van der Waals surface area (Å²) in [7, 11) is 2.99. The van der Waals surface area contributed by atoms with E-state index in [1.165, 1.54) is 20.3 Å². The van der Waals surface area contributed by atoms with E-state index in [0.29, 0.717) is 17.1 Å². The minimum atomic E-state index is -0.613. The Balaban J connectivity index is 3.38. The molecule has 1 aromatic rings. The van der Waals surface area contributed by atoms with Crippen molar-refractivity contribution in [3.05, 3.63) is 23.3 Å². The van der Waals surface area contributed by atoms with Crippen LogP contribution in [0.25, 0.3) is 0 Å². The molecule has 1 rings (SSSR count). The Labute approximate surface area is 88.0 Å². The molecule has 0 amide bonds. The van der Waals surface area contributed by atoms with Crippen molar-refractivity contribution in [2.45, 2.75) is 6.92 Å². The van der Waals surface area contributed by atoms with Gasteiger partial charge in [-0.25, -0.2) is 0 Å². The van der Waals surface area contributed by atoms with Gasteiger partial charge in [0.05, 0.1) is 19.8 Å². The van der Waals surface area contributed by atoms with Crippen LogP contribution in [0.1, 0.15) is 15.9 Å². The van der Waals surface area contributed by atoms with Gasteiger partial charge in [-0.05, 0) is 19.1 Å². The molecule has 0 radical (unpaired) electrons. The van der Waals surface area contributed by atoms with Crippen LogP contribution in [-0.2, 0) is 0 Å². The minimum Gasteiger partial charge on any atom is -0.496 e. The first kappa shape index (κ1) is 11.1. The van der Waals surface area contributed by atoms with Gasteiger partial charge in [0, 0.05) is 5.56 Å². The maximum Gasteiger partial charge on any atom is 0.265 e. The van der Waals surface area contributed by atoms with Crippen LogP contribution in [0, 0.1) is 18.3 Å². The van der Waals surface area contributed by atoms with Crippen LogP contribution in [0.4, 0.5) is 0 Å². The van der Waals surface area contributed by atoms with Gasteiger partial charge in [0.25, 0.3) is 5.78 Å². The molecule has 0 heterocycles. The first-order chi connectivity index (χ1) is 7.15. The van der Waals surface area contributed by atoms with Crippen molar-refractivity contribution in [2.24, 2.45) is 0 Å². The number of hydrogen-bond acceptors (Lipinski definition) is 4. The lowest BCUT2D eigenvalue weighted by atomic mass is 10.1. The number of methoxy groups -OCH3 is 2. The largest absolute Gasteiger partial charge is 0.496 e. The number of rotatable bonds is 3. The molecule has 0 unspecified atom stereocenters. The van der Waals surface area contributed by atoms with Crippen LogP contribution in [-0.4, -0.2) is 20.0 Å². The average molecular weight is 205 g/mol. The third kappa shape index (κ3) is 1.91. The molecule has 0 fully saturated rings. The van der Waals surface area contributed by atoms with E-state index in [1.807, 2.05) is 0 Å². The second kappa shape index (κ2) is 4.47. The topological polar surface area (TPSA) is 59.3 Å². The molecule has 0 atom stereocenters. The van der Waals surface area contributed by atoms with E-state index in [-0.39, 0.29) is 5.56 Å². The zero-order valence-corrected chi connectivity index (χ0v) is 8.83. The Morgan fingerprint density at radius 2 is 2.00 bits per heavy atom. The van der Waals surface area contributed by atoms with Gasteiger partial charge >= 0.3 is 0 Å². The number of nitrogens with zero attached hydrogens (tertiary/aromatic N) is 1. The van der Waals surface area contributed by atoms with Gasteiger partial charge < -0.3 is 9.47 Å². The lowest BCUT2D eigenvalue weighted by Crippen LogP contribution is -2.02. The van der Waals surface area contributed by atoms with Gasteiger partial charge in [0.1, 0.15) is 17.6 Å². The number of Topliss-reactive ketones (excluding diaryl/α,β-unsaturated/α-hetero) is 1. The Morgan fingerprint density at radius 3 is 2.47 bits per heavy atom. The Bertz CT molecular complexity index is 432. The lowest BCUT2D eigenvalue weighted by Gasteiger charge is -2.11. The first-order valence-corrected chi connectivity index (χ1v) is 4.31. The molecular formula is C11H11NO3. The lowest BCUT2D eigenvalue weighted by molar-refractivity contribution is 0.105. The van der Waals surface area contributed by atoms with E-state index in [4.69, 9.17) is 14.7 Å². The molecule has 0 N–H and O–H groups in total. The summed E-state index contributed by atoms with van der Waals surface area (Å²) in [5, 5.41) is 8.54. The van der Waals surface area contributed by atoms with Gasteiger partial charge in [-0.2, -0.15) is 5.26 Å². The summed E-state index contributed by atoms with van der Waals surface area (Å²) in [5.74, 6) is 0.403. The molecular weight excluding hydrogens is 194 g/mol. The monoisotopic (exact) mass is 205 g/mol. The molecule has 0 aliphatic rings. The zero-order chi connectivity index (χ0) is 11.4. The summed E-state index contributed by atoms with van der Waals surface area (Å²) in [6, 6.07) is 4.73. The number of carbonyl (C=O) groups is 1. The number of carbonyl (C=O) groups excluding carboxylic acids is 1. The zero-order valence-electron chi connectivity index (χ0n) is 8.83. The molecule has 15 heavy (non-hydrogen) atoms. The fraction of sp³-hybridized carbons (Fsp3) is 0.273. The average Bonchev–Trinajstić information content (AvgIpc) is 2.27. The van der Waals surface area contributed by atoms with Gasteiger partial charge in [0.2, 0.25) is 0 Å². The van der Waals surface area contributed by atoms with E-state index in [9.17, 15) is 4.79 Å². The maximum absolute atomic E-state index is 11.3. The van der Waals surface area contributed by atoms with Crippen LogP contribution >= 0.6 is 0 Å². The molecule has 0 saturated carbocycles. The Hall–Kier alpha value is -2.02. The maximum atomic E-state index is 11.3. The highest BCUT2D eigenvalue weighted by molar-refractivity contribution is 6.09. The Kier molecular flexibility index (Phi) is 3.29. The van der Waals surface area contributed by atoms with E-state index in [2.05, 4.69) is 0 Å². The first-order valence-electron chi connectivity index (χ1n) is 4.31. The van der Waals surface area contributed by atoms with Gasteiger partial charge in [-0.3, -0.25) is 4.79 Å². The van der Waals surface area contributed by atoms with Gasteiger partial charge in [-0.15, -0.1) is 0 Å². The van der Waals surface area contributed by atoms with Crippen LogP contribution in [0.2, 0.25) is 0 Å². The number of hydrogen-bond donors (Lipinski definition) is 0. The van der Waals surface area contributed by atoms with E-state index < -0.39 is 5.78 Å². The summed E-state index contributed by atoms with van der Waals surface area (Å²) in [6.45, 7) is 1.77. The van der Waals surface area contributed by atoms with E-state index in [0.717, 1.165) is 0 Å². The number of nitriles is 1. The summed E-state index contributed by atoms with van der Waals surface area (Å²) in [6.07, 6.45) is 0. The van der Waals surface area contributed by atoms with Crippen LogP contribution in [0.15, 0.2) is 12.1 Å².